The maximum absolute atomic E-state index is 12.4. The van der Waals surface area contributed by atoms with Gasteiger partial charge in [-0.15, -0.1) is 11.8 Å². The van der Waals surface area contributed by atoms with E-state index < -0.39 is 11.8 Å². The molecule has 1 atom stereocenters. The van der Waals surface area contributed by atoms with Crippen molar-refractivity contribution in [1.29, 1.82) is 0 Å². The molecule has 0 aliphatic rings. The van der Waals surface area contributed by atoms with Gasteiger partial charge in [0.15, 0.2) is 0 Å². The summed E-state index contributed by atoms with van der Waals surface area (Å²) in [4.78, 5) is 31.4. The Kier molecular flexibility index (Phi) is 6.18. The van der Waals surface area contributed by atoms with E-state index in [2.05, 4.69) is 9.97 Å². The van der Waals surface area contributed by atoms with Crippen LogP contribution in [0.3, 0.4) is 0 Å². The highest BCUT2D eigenvalue weighted by atomic mass is 32.2. The van der Waals surface area contributed by atoms with Crippen LogP contribution in [0, 0.1) is 6.92 Å². The van der Waals surface area contributed by atoms with Crippen molar-refractivity contribution in [1.82, 2.24) is 14.9 Å². The maximum Gasteiger partial charge on any atom is 0.346 e. The topological polar surface area (TPSA) is 95.5 Å². The van der Waals surface area contributed by atoms with Crippen LogP contribution in [-0.4, -0.2) is 65.6 Å². The third-order valence-corrected chi connectivity index (χ3v) is 3.37. The van der Waals surface area contributed by atoms with Crippen LogP contribution in [0.2, 0.25) is 0 Å². The number of hydrogen-bond donors (Lipinski definition) is 2. The van der Waals surface area contributed by atoms with Crippen molar-refractivity contribution in [2.75, 3.05) is 33.6 Å². The molecule has 0 saturated heterocycles. The number of methoxy groups -OCH3 is 1. The minimum Gasteiger partial charge on any atom is -0.389 e. The van der Waals surface area contributed by atoms with E-state index in [9.17, 15) is 14.7 Å². The lowest BCUT2D eigenvalue weighted by molar-refractivity contribution is 0.0378. The fourth-order valence-corrected chi connectivity index (χ4v) is 2.41. The van der Waals surface area contributed by atoms with Crippen molar-refractivity contribution in [2.24, 2.45) is 0 Å². The van der Waals surface area contributed by atoms with Gasteiger partial charge in [0.2, 0.25) is 0 Å². The van der Waals surface area contributed by atoms with Crippen LogP contribution in [0.4, 0.5) is 0 Å². The number of carbonyl (C=O) groups excluding carboxylic acids is 1. The Bertz CT molecular complexity index is 532. The molecule has 0 saturated carbocycles. The Morgan fingerprint density at radius 2 is 2.25 bits per heavy atom. The van der Waals surface area contributed by atoms with Crippen LogP contribution >= 0.6 is 11.8 Å². The number of H-pyrrole nitrogens is 1. The third kappa shape index (κ3) is 4.06. The van der Waals surface area contributed by atoms with Gasteiger partial charge in [0, 0.05) is 26.4 Å². The van der Waals surface area contributed by atoms with Gasteiger partial charge < -0.3 is 19.7 Å². The van der Waals surface area contributed by atoms with Gasteiger partial charge in [-0.05, 0) is 13.2 Å². The first-order valence-corrected chi connectivity index (χ1v) is 7.20. The van der Waals surface area contributed by atoms with E-state index >= 15 is 0 Å². The lowest BCUT2D eigenvalue weighted by Gasteiger charge is -2.21. The Hall–Kier alpha value is -1.38. The summed E-state index contributed by atoms with van der Waals surface area (Å²) in [6.45, 7) is 1.93. The molecule has 1 amide bonds. The van der Waals surface area contributed by atoms with Crippen molar-refractivity contribution < 1.29 is 14.6 Å². The molecule has 0 aliphatic carbocycles. The van der Waals surface area contributed by atoms with Crippen LogP contribution in [0.5, 0.6) is 0 Å². The first-order chi connectivity index (χ1) is 9.40. The molecule has 0 aromatic carbocycles. The summed E-state index contributed by atoms with van der Waals surface area (Å²) in [5.41, 5.74) is 0.335. The number of nitrogens with zero attached hydrogens (tertiary/aromatic N) is 2. The minimum atomic E-state index is -0.761. The molecule has 1 aromatic heterocycles. The largest absolute Gasteiger partial charge is 0.389 e. The number of thioether (sulfide) groups is 1. The van der Waals surface area contributed by atoms with Gasteiger partial charge in [-0.25, -0.2) is 4.79 Å². The molecule has 8 heteroatoms. The molecular weight excluding hydrogens is 282 g/mol. The molecular formula is C12H19N3O4S. The number of aliphatic hydroxyl groups is 1. The molecule has 7 nitrogen and oxygen atoms in total. The third-order valence-electron chi connectivity index (χ3n) is 2.68. The van der Waals surface area contributed by atoms with Gasteiger partial charge in [-0.3, -0.25) is 4.79 Å². The van der Waals surface area contributed by atoms with E-state index in [1.54, 1.807) is 20.2 Å². The molecule has 0 spiro atoms. The zero-order valence-corrected chi connectivity index (χ0v) is 12.8. The van der Waals surface area contributed by atoms with Gasteiger partial charge in [0.05, 0.1) is 18.3 Å². The number of carbonyl (C=O) groups is 1. The van der Waals surface area contributed by atoms with E-state index in [1.807, 2.05) is 0 Å². The van der Waals surface area contributed by atoms with E-state index in [-0.39, 0.29) is 19.1 Å². The molecule has 20 heavy (non-hydrogen) atoms. The molecule has 0 bridgehead atoms. The monoisotopic (exact) mass is 301 g/mol. The van der Waals surface area contributed by atoms with Crippen LogP contribution in [-0.2, 0) is 4.74 Å². The number of hydrogen-bond acceptors (Lipinski definition) is 6. The van der Waals surface area contributed by atoms with Crippen molar-refractivity contribution in [3.63, 3.8) is 0 Å². The number of aromatic amines is 1. The summed E-state index contributed by atoms with van der Waals surface area (Å²) >= 11 is 1.23. The molecule has 1 aromatic rings. The number of rotatable bonds is 6. The molecule has 2 N–H and O–H groups in total. The summed E-state index contributed by atoms with van der Waals surface area (Å²) in [7, 11) is 3.06. The van der Waals surface area contributed by atoms with Crippen LogP contribution in [0.15, 0.2) is 9.82 Å². The second-order valence-electron chi connectivity index (χ2n) is 4.35. The van der Waals surface area contributed by atoms with Crippen molar-refractivity contribution in [2.45, 2.75) is 18.1 Å². The molecule has 1 unspecified atom stereocenters. The lowest BCUT2D eigenvalue weighted by atomic mass is 10.2. The number of aromatic nitrogens is 2. The SMILES string of the molecule is COCC(O)CN(C)C(=O)c1c(SC)nc(=O)[nH]c1C. The fourth-order valence-electron chi connectivity index (χ4n) is 1.79. The molecule has 0 fully saturated rings. The number of nitrogens with one attached hydrogen (secondary N) is 1. The minimum absolute atomic E-state index is 0.138. The van der Waals surface area contributed by atoms with E-state index in [0.29, 0.717) is 16.3 Å². The normalized spacial score (nSPS) is 12.2. The average molecular weight is 301 g/mol. The molecule has 1 rings (SSSR count). The number of ether oxygens (including phenoxy) is 1. The Morgan fingerprint density at radius 1 is 1.60 bits per heavy atom. The summed E-state index contributed by atoms with van der Waals surface area (Å²) in [5, 5.41) is 10.0. The second kappa shape index (κ2) is 7.41. The summed E-state index contributed by atoms with van der Waals surface area (Å²) in [6.07, 6.45) is 0.986. The highest BCUT2D eigenvalue weighted by Gasteiger charge is 2.22. The van der Waals surface area contributed by atoms with Crippen molar-refractivity contribution in [3.05, 3.63) is 21.7 Å². The Labute approximate surface area is 121 Å². The van der Waals surface area contributed by atoms with Gasteiger partial charge in [0.1, 0.15) is 5.03 Å². The standard InChI is InChI=1S/C12H19N3O4S/c1-7-9(10(20-4)14-12(18)13-7)11(17)15(2)5-8(16)6-19-3/h8,16H,5-6H2,1-4H3,(H,13,14,18). The van der Waals surface area contributed by atoms with E-state index in [0.717, 1.165) is 0 Å². The first kappa shape index (κ1) is 16.7. The second-order valence-corrected chi connectivity index (χ2v) is 5.14. The molecule has 1 heterocycles. The fraction of sp³-hybridized carbons (Fsp3) is 0.583. The summed E-state index contributed by atoms with van der Waals surface area (Å²) in [5.74, 6) is -0.300. The number of aliphatic hydroxyl groups excluding tert-OH is 1. The maximum atomic E-state index is 12.4. The van der Waals surface area contributed by atoms with Crippen molar-refractivity contribution in [3.8, 4) is 0 Å². The predicted octanol–water partition coefficient (Wildman–Crippen LogP) is -0.120. The quantitative estimate of drug-likeness (QED) is 0.562. The highest BCUT2D eigenvalue weighted by Crippen LogP contribution is 2.19. The number of likely N-dealkylation sites (N-methyl/N-ethyl adjacent to an activating group) is 1. The van der Waals surface area contributed by atoms with Gasteiger partial charge in [-0.2, -0.15) is 4.98 Å². The van der Waals surface area contributed by atoms with E-state index in [1.165, 1.54) is 23.8 Å². The van der Waals surface area contributed by atoms with Crippen LogP contribution in [0.1, 0.15) is 16.1 Å². The van der Waals surface area contributed by atoms with Gasteiger partial charge in [-0.1, -0.05) is 0 Å². The Balaban J connectivity index is 3.00. The first-order valence-electron chi connectivity index (χ1n) is 5.98. The zero-order chi connectivity index (χ0) is 15.3. The molecule has 0 aliphatic heterocycles. The van der Waals surface area contributed by atoms with Gasteiger partial charge in [0.25, 0.3) is 5.91 Å². The molecule has 112 valence electrons. The average Bonchev–Trinajstić information content (AvgIpc) is 2.37. The van der Waals surface area contributed by atoms with E-state index in [4.69, 9.17) is 4.74 Å². The zero-order valence-electron chi connectivity index (χ0n) is 12.0. The molecule has 0 radical (unpaired) electrons. The predicted molar refractivity (Wildman–Crippen MR) is 76.2 cm³/mol. The number of amides is 1. The smallest absolute Gasteiger partial charge is 0.346 e. The highest BCUT2D eigenvalue weighted by molar-refractivity contribution is 7.98. The summed E-state index contributed by atoms with van der Waals surface area (Å²) in [6, 6.07) is 0. The lowest BCUT2D eigenvalue weighted by Crippen LogP contribution is -2.37. The van der Waals surface area contributed by atoms with Gasteiger partial charge >= 0.3 is 5.69 Å². The summed E-state index contributed by atoms with van der Waals surface area (Å²) < 4.78 is 4.82. The van der Waals surface area contributed by atoms with Crippen LogP contribution < -0.4 is 5.69 Å². The van der Waals surface area contributed by atoms with Crippen LogP contribution in [0.25, 0.3) is 0 Å². The Morgan fingerprint density at radius 3 is 2.80 bits per heavy atom. The number of aryl methyl sites for hydroxylation is 1. The van der Waals surface area contributed by atoms with Crippen molar-refractivity contribution >= 4 is 17.7 Å².